The van der Waals surface area contributed by atoms with Crippen LogP contribution in [0, 0.1) is 11.8 Å². The van der Waals surface area contributed by atoms with Crippen LogP contribution < -0.4 is 10.5 Å². The monoisotopic (exact) mass is 269 g/mol. The molecule has 0 bridgehead atoms. The number of aryl methyl sites for hydroxylation is 2. The summed E-state index contributed by atoms with van der Waals surface area (Å²) >= 11 is 0. The van der Waals surface area contributed by atoms with E-state index in [2.05, 4.69) is 29.9 Å². The normalized spacial score (nSPS) is 9.95. The summed E-state index contributed by atoms with van der Waals surface area (Å²) in [6, 6.07) is 9.77. The van der Waals surface area contributed by atoms with Gasteiger partial charge in [-0.05, 0) is 30.7 Å². The Balaban J connectivity index is 2.04. The van der Waals surface area contributed by atoms with Gasteiger partial charge in [-0.2, -0.15) is 5.10 Å². The molecule has 0 radical (unpaired) electrons. The average Bonchev–Trinajstić information content (AvgIpc) is 2.84. The second-order valence-corrected chi connectivity index (χ2v) is 4.43. The summed E-state index contributed by atoms with van der Waals surface area (Å²) in [5.74, 6) is 6.63. The molecule has 0 saturated carbocycles. The minimum Gasteiger partial charge on any atom is -0.487 e. The van der Waals surface area contributed by atoms with Crippen molar-refractivity contribution in [3.8, 4) is 17.6 Å². The van der Waals surface area contributed by atoms with Crippen LogP contribution >= 0.6 is 0 Å². The molecular formula is C16H19N3O. The molecule has 0 aliphatic carbocycles. The lowest BCUT2D eigenvalue weighted by Crippen LogP contribution is -2.03. The van der Waals surface area contributed by atoms with Gasteiger partial charge in [0.05, 0.1) is 17.9 Å². The molecule has 0 amide bonds. The molecule has 0 fully saturated rings. The van der Waals surface area contributed by atoms with Crippen molar-refractivity contribution in [3.05, 3.63) is 47.3 Å². The fourth-order valence-electron chi connectivity index (χ4n) is 1.85. The van der Waals surface area contributed by atoms with Crippen LogP contribution in [0.15, 0.2) is 30.3 Å². The summed E-state index contributed by atoms with van der Waals surface area (Å²) in [7, 11) is 1.93. The zero-order chi connectivity index (χ0) is 14.4. The third-order valence-corrected chi connectivity index (χ3v) is 2.95. The lowest BCUT2D eigenvalue weighted by atomic mass is 10.2. The summed E-state index contributed by atoms with van der Waals surface area (Å²) < 4.78 is 7.65. The topological polar surface area (TPSA) is 53.1 Å². The number of hydrogen-bond acceptors (Lipinski definition) is 3. The number of nitrogens with zero attached hydrogens (tertiary/aromatic N) is 2. The molecule has 4 nitrogen and oxygen atoms in total. The molecule has 1 aromatic carbocycles. The summed E-state index contributed by atoms with van der Waals surface area (Å²) in [4.78, 5) is 0. The van der Waals surface area contributed by atoms with E-state index in [-0.39, 0.29) is 0 Å². The van der Waals surface area contributed by atoms with Crippen molar-refractivity contribution in [2.45, 2.75) is 20.0 Å². The molecule has 2 aromatic rings. The highest BCUT2D eigenvalue weighted by Crippen LogP contribution is 2.15. The lowest BCUT2D eigenvalue weighted by molar-refractivity contribution is 0.295. The number of nitrogens with two attached hydrogens (primary N) is 1. The summed E-state index contributed by atoms with van der Waals surface area (Å²) in [6.07, 6.45) is 0.929. The Bertz CT molecular complexity index is 635. The van der Waals surface area contributed by atoms with Crippen molar-refractivity contribution in [2.75, 3.05) is 6.54 Å². The van der Waals surface area contributed by atoms with E-state index < -0.39 is 0 Å². The molecule has 0 spiro atoms. The molecule has 104 valence electrons. The smallest absolute Gasteiger partial charge is 0.130 e. The van der Waals surface area contributed by atoms with Crippen LogP contribution in [0.4, 0.5) is 0 Å². The quantitative estimate of drug-likeness (QED) is 0.862. The molecule has 0 saturated heterocycles. The van der Waals surface area contributed by atoms with Crippen LogP contribution in [-0.4, -0.2) is 16.3 Å². The van der Waals surface area contributed by atoms with Crippen LogP contribution in [-0.2, 0) is 20.1 Å². The van der Waals surface area contributed by atoms with Crippen molar-refractivity contribution >= 4 is 0 Å². The Morgan fingerprint density at radius 2 is 2.20 bits per heavy atom. The van der Waals surface area contributed by atoms with Gasteiger partial charge < -0.3 is 10.5 Å². The van der Waals surface area contributed by atoms with Crippen LogP contribution in [0.3, 0.4) is 0 Å². The Labute approximate surface area is 119 Å². The van der Waals surface area contributed by atoms with Crippen molar-refractivity contribution in [1.29, 1.82) is 0 Å². The minimum atomic E-state index is 0.361. The van der Waals surface area contributed by atoms with E-state index in [0.717, 1.165) is 29.1 Å². The first-order valence-electron chi connectivity index (χ1n) is 6.66. The molecule has 2 rings (SSSR count). The number of ether oxygens (including phenoxy) is 1. The van der Waals surface area contributed by atoms with E-state index >= 15 is 0 Å². The molecule has 4 heteroatoms. The van der Waals surface area contributed by atoms with Crippen LogP contribution in [0.25, 0.3) is 0 Å². The molecule has 0 aliphatic rings. The van der Waals surface area contributed by atoms with Gasteiger partial charge in [0.25, 0.3) is 0 Å². The van der Waals surface area contributed by atoms with Crippen molar-refractivity contribution in [3.63, 3.8) is 0 Å². The molecule has 0 atom stereocenters. The number of aromatic nitrogens is 2. The standard InChI is InChI=1S/C16H19N3O/c1-3-14-11-15(19(2)18-14)12-20-16-8-4-6-13(10-16)7-5-9-17/h4,6,8,10-11H,3,9,12,17H2,1-2H3. The first-order valence-corrected chi connectivity index (χ1v) is 6.66. The summed E-state index contributed by atoms with van der Waals surface area (Å²) in [5.41, 5.74) is 8.41. The maximum Gasteiger partial charge on any atom is 0.130 e. The van der Waals surface area contributed by atoms with E-state index in [0.29, 0.717) is 13.2 Å². The SMILES string of the molecule is CCc1cc(COc2cccc(C#CCN)c2)n(C)n1. The van der Waals surface area contributed by atoms with E-state index in [4.69, 9.17) is 10.5 Å². The van der Waals surface area contributed by atoms with Gasteiger partial charge in [-0.15, -0.1) is 0 Å². The molecular weight excluding hydrogens is 250 g/mol. The first kappa shape index (κ1) is 14.2. The third kappa shape index (κ3) is 3.62. The number of hydrogen-bond donors (Lipinski definition) is 1. The summed E-state index contributed by atoms with van der Waals surface area (Å²) in [5, 5.41) is 4.40. The van der Waals surface area contributed by atoms with E-state index in [1.165, 1.54) is 0 Å². The van der Waals surface area contributed by atoms with Crippen LogP contribution in [0.1, 0.15) is 23.9 Å². The fraction of sp³-hybridized carbons (Fsp3) is 0.312. The van der Waals surface area contributed by atoms with Crippen molar-refractivity contribution in [1.82, 2.24) is 9.78 Å². The zero-order valence-electron chi connectivity index (χ0n) is 11.9. The minimum absolute atomic E-state index is 0.361. The van der Waals surface area contributed by atoms with Gasteiger partial charge in [0.15, 0.2) is 0 Å². The Kier molecular flexibility index (Phi) is 4.80. The lowest BCUT2D eigenvalue weighted by Gasteiger charge is -2.06. The molecule has 0 aliphatic heterocycles. The highest BCUT2D eigenvalue weighted by Gasteiger charge is 2.04. The second kappa shape index (κ2) is 6.78. The third-order valence-electron chi connectivity index (χ3n) is 2.95. The number of benzene rings is 1. The van der Waals surface area contributed by atoms with Gasteiger partial charge in [-0.1, -0.05) is 24.8 Å². The molecule has 1 aromatic heterocycles. The van der Waals surface area contributed by atoms with Crippen molar-refractivity contribution in [2.24, 2.45) is 12.8 Å². The van der Waals surface area contributed by atoms with Crippen LogP contribution in [0.2, 0.25) is 0 Å². The Morgan fingerprint density at radius 3 is 2.90 bits per heavy atom. The highest BCUT2D eigenvalue weighted by atomic mass is 16.5. The maximum absolute atomic E-state index is 5.79. The van der Waals surface area contributed by atoms with Gasteiger partial charge in [0.1, 0.15) is 12.4 Å². The van der Waals surface area contributed by atoms with Gasteiger partial charge >= 0.3 is 0 Å². The summed E-state index contributed by atoms with van der Waals surface area (Å²) in [6.45, 7) is 2.95. The molecule has 20 heavy (non-hydrogen) atoms. The van der Waals surface area contributed by atoms with Crippen LogP contribution in [0.5, 0.6) is 5.75 Å². The molecule has 1 heterocycles. The Morgan fingerprint density at radius 1 is 1.35 bits per heavy atom. The second-order valence-electron chi connectivity index (χ2n) is 4.43. The fourth-order valence-corrected chi connectivity index (χ4v) is 1.85. The highest BCUT2D eigenvalue weighted by molar-refractivity contribution is 5.39. The molecule has 2 N–H and O–H groups in total. The van der Waals surface area contributed by atoms with E-state index in [1.807, 2.05) is 36.0 Å². The van der Waals surface area contributed by atoms with E-state index in [9.17, 15) is 0 Å². The predicted octanol–water partition coefficient (Wildman–Crippen LogP) is 1.87. The van der Waals surface area contributed by atoms with E-state index in [1.54, 1.807) is 0 Å². The number of rotatable bonds is 4. The van der Waals surface area contributed by atoms with Gasteiger partial charge in [0.2, 0.25) is 0 Å². The van der Waals surface area contributed by atoms with Gasteiger partial charge in [-0.25, -0.2) is 0 Å². The van der Waals surface area contributed by atoms with Crippen molar-refractivity contribution < 1.29 is 4.74 Å². The van der Waals surface area contributed by atoms with Gasteiger partial charge in [0, 0.05) is 12.6 Å². The average molecular weight is 269 g/mol. The first-order chi connectivity index (χ1) is 9.72. The zero-order valence-corrected chi connectivity index (χ0v) is 11.9. The predicted molar refractivity (Wildman–Crippen MR) is 79.3 cm³/mol. The maximum atomic E-state index is 5.79. The largest absolute Gasteiger partial charge is 0.487 e. The van der Waals surface area contributed by atoms with Gasteiger partial charge in [-0.3, -0.25) is 4.68 Å². The molecule has 0 unspecified atom stereocenters. The Hall–Kier alpha value is -2.25.